The maximum atomic E-state index is 12.6. The van der Waals surface area contributed by atoms with Crippen molar-refractivity contribution >= 4 is 12.4 Å². The van der Waals surface area contributed by atoms with Crippen LogP contribution in [0.5, 0.6) is 0 Å². The molecular formula is C16H20ClF3N4. The molecule has 24 heavy (non-hydrogen) atoms. The molecule has 0 amide bonds. The monoisotopic (exact) mass is 360 g/mol. The summed E-state index contributed by atoms with van der Waals surface area (Å²) in [6, 6.07) is 11.2. The second-order valence-corrected chi connectivity index (χ2v) is 5.98. The average molecular weight is 361 g/mol. The van der Waals surface area contributed by atoms with Gasteiger partial charge in [0.2, 0.25) is 0 Å². The molecule has 0 radical (unpaired) electrons. The van der Waals surface area contributed by atoms with Crippen molar-refractivity contribution in [2.24, 2.45) is 11.7 Å². The van der Waals surface area contributed by atoms with Crippen molar-refractivity contribution in [3.8, 4) is 0 Å². The first-order chi connectivity index (χ1) is 11.0. The van der Waals surface area contributed by atoms with Gasteiger partial charge in [0.15, 0.2) is 5.69 Å². The van der Waals surface area contributed by atoms with Gasteiger partial charge < -0.3 is 5.73 Å². The fourth-order valence-corrected chi connectivity index (χ4v) is 3.24. The van der Waals surface area contributed by atoms with Crippen molar-refractivity contribution in [1.29, 1.82) is 0 Å². The van der Waals surface area contributed by atoms with E-state index in [9.17, 15) is 13.2 Å². The van der Waals surface area contributed by atoms with E-state index in [0.29, 0.717) is 30.6 Å². The molecule has 8 heteroatoms. The zero-order valence-electron chi connectivity index (χ0n) is 13.0. The van der Waals surface area contributed by atoms with E-state index in [-0.39, 0.29) is 12.4 Å². The topological polar surface area (TPSA) is 57.9 Å². The van der Waals surface area contributed by atoms with Gasteiger partial charge in [0.1, 0.15) is 0 Å². The van der Waals surface area contributed by atoms with E-state index in [4.69, 9.17) is 5.73 Å². The van der Waals surface area contributed by atoms with Crippen LogP contribution in [0.4, 0.5) is 13.2 Å². The van der Waals surface area contributed by atoms with Crippen molar-refractivity contribution < 1.29 is 13.2 Å². The zero-order valence-corrected chi connectivity index (χ0v) is 13.8. The third kappa shape index (κ3) is 4.09. The lowest BCUT2D eigenvalue weighted by molar-refractivity contribution is -0.141. The van der Waals surface area contributed by atoms with Gasteiger partial charge >= 0.3 is 6.18 Å². The van der Waals surface area contributed by atoms with Gasteiger partial charge in [-0.05, 0) is 24.1 Å². The molecule has 1 aromatic carbocycles. The molecule has 2 atom stereocenters. The molecule has 0 spiro atoms. The Balaban J connectivity index is 0.00000208. The Kier molecular flexibility index (Phi) is 5.90. The van der Waals surface area contributed by atoms with Crippen LogP contribution in [-0.2, 0) is 12.7 Å². The number of nitrogens with one attached hydrogen (secondary N) is 1. The smallest absolute Gasteiger partial charge is 0.330 e. The summed E-state index contributed by atoms with van der Waals surface area (Å²) in [5.74, 6) is 0.619. The normalized spacial score (nSPS) is 21.7. The van der Waals surface area contributed by atoms with Gasteiger partial charge in [0.25, 0.3) is 0 Å². The molecule has 1 aromatic heterocycles. The number of aromatic amines is 1. The predicted octanol–water partition coefficient (Wildman–Crippen LogP) is 3.02. The molecule has 0 saturated carbocycles. The Labute approximate surface area is 144 Å². The molecule has 1 fully saturated rings. The second-order valence-electron chi connectivity index (χ2n) is 5.98. The molecular weight excluding hydrogens is 341 g/mol. The maximum Gasteiger partial charge on any atom is 0.435 e. The Morgan fingerprint density at radius 1 is 1.21 bits per heavy atom. The number of benzene rings is 1. The number of likely N-dealkylation sites (tertiary alicyclic amines) is 1. The SMILES string of the molecule is Cl.NC[C@@H]1CN(Cc2cc(C(F)(F)F)n[nH]2)C[C@H]1c1ccccc1. The van der Waals surface area contributed by atoms with Crippen molar-refractivity contribution in [2.45, 2.75) is 18.6 Å². The van der Waals surface area contributed by atoms with Gasteiger partial charge in [-0.2, -0.15) is 18.3 Å². The van der Waals surface area contributed by atoms with Crippen LogP contribution in [0.1, 0.15) is 22.9 Å². The quantitative estimate of drug-likeness (QED) is 0.881. The highest BCUT2D eigenvalue weighted by atomic mass is 35.5. The third-order valence-corrected chi connectivity index (χ3v) is 4.36. The van der Waals surface area contributed by atoms with E-state index >= 15 is 0 Å². The largest absolute Gasteiger partial charge is 0.435 e. The highest BCUT2D eigenvalue weighted by molar-refractivity contribution is 5.85. The molecule has 3 N–H and O–H groups in total. The molecule has 0 bridgehead atoms. The average Bonchev–Trinajstić information content (AvgIpc) is 3.15. The van der Waals surface area contributed by atoms with E-state index in [2.05, 4.69) is 27.2 Å². The molecule has 2 aromatic rings. The zero-order chi connectivity index (χ0) is 16.4. The van der Waals surface area contributed by atoms with Crippen LogP contribution in [0.15, 0.2) is 36.4 Å². The first-order valence-corrected chi connectivity index (χ1v) is 7.56. The lowest BCUT2D eigenvalue weighted by Gasteiger charge is -2.16. The summed E-state index contributed by atoms with van der Waals surface area (Å²) in [5, 5.41) is 5.83. The first kappa shape index (κ1) is 18.8. The van der Waals surface area contributed by atoms with E-state index in [1.807, 2.05) is 18.2 Å². The van der Waals surface area contributed by atoms with Gasteiger partial charge in [0, 0.05) is 31.2 Å². The summed E-state index contributed by atoms with van der Waals surface area (Å²) in [6.45, 7) is 2.54. The van der Waals surface area contributed by atoms with E-state index in [1.165, 1.54) is 5.56 Å². The Bertz CT molecular complexity index is 644. The van der Waals surface area contributed by atoms with Gasteiger partial charge in [-0.1, -0.05) is 30.3 Å². The van der Waals surface area contributed by atoms with Crippen LogP contribution in [0, 0.1) is 5.92 Å². The lowest BCUT2D eigenvalue weighted by atomic mass is 9.89. The Morgan fingerprint density at radius 3 is 2.50 bits per heavy atom. The van der Waals surface area contributed by atoms with Crippen LogP contribution in [0.2, 0.25) is 0 Å². The van der Waals surface area contributed by atoms with Crippen LogP contribution < -0.4 is 5.73 Å². The molecule has 0 aliphatic carbocycles. The molecule has 1 saturated heterocycles. The second kappa shape index (κ2) is 7.55. The fourth-order valence-electron chi connectivity index (χ4n) is 3.24. The van der Waals surface area contributed by atoms with Crippen LogP contribution in [-0.4, -0.2) is 34.7 Å². The van der Waals surface area contributed by atoms with E-state index < -0.39 is 11.9 Å². The van der Waals surface area contributed by atoms with Gasteiger partial charge in [-0.15, -0.1) is 12.4 Å². The Morgan fingerprint density at radius 2 is 1.92 bits per heavy atom. The highest BCUT2D eigenvalue weighted by Crippen LogP contribution is 2.33. The summed E-state index contributed by atoms with van der Waals surface area (Å²) in [6.07, 6.45) is -4.41. The molecule has 1 aliphatic rings. The fraction of sp³-hybridized carbons (Fsp3) is 0.438. The minimum absolute atomic E-state index is 0. The molecule has 0 unspecified atom stereocenters. The summed E-state index contributed by atoms with van der Waals surface area (Å²) >= 11 is 0. The number of rotatable bonds is 4. The first-order valence-electron chi connectivity index (χ1n) is 7.56. The van der Waals surface area contributed by atoms with Gasteiger partial charge in [-0.25, -0.2) is 0 Å². The number of aromatic nitrogens is 2. The van der Waals surface area contributed by atoms with Crippen molar-refractivity contribution in [1.82, 2.24) is 15.1 Å². The van der Waals surface area contributed by atoms with Gasteiger partial charge in [-0.3, -0.25) is 10.00 Å². The number of hydrogen-bond donors (Lipinski definition) is 2. The van der Waals surface area contributed by atoms with Crippen molar-refractivity contribution in [3.63, 3.8) is 0 Å². The number of nitrogens with two attached hydrogens (primary N) is 1. The number of H-pyrrole nitrogens is 1. The number of halogens is 4. The van der Waals surface area contributed by atoms with Crippen LogP contribution >= 0.6 is 12.4 Å². The minimum Gasteiger partial charge on any atom is -0.330 e. The Hall–Kier alpha value is -1.57. The molecule has 132 valence electrons. The molecule has 2 heterocycles. The minimum atomic E-state index is -4.41. The lowest BCUT2D eigenvalue weighted by Crippen LogP contribution is -2.23. The van der Waals surface area contributed by atoms with E-state index in [1.54, 1.807) is 0 Å². The number of alkyl halides is 3. The maximum absolute atomic E-state index is 12.6. The van der Waals surface area contributed by atoms with Crippen molar-refractivity contribution in [3.05, 3.63) is 53.3 Å². The highest BCUT2D eigenvalue weighted by Gasteiger charge is 2.35. The summed E-state index contributed by atoms with van der Waals surface area (Å²) in [5.41, 5.74) is 6.71. The van der Waals surface area contributed by atoms with E-state index in [0.717, 1.165) is 19.2 Å². The molecule has 1 aliphatic heterocycles. The summed E-state index contributed by atoms with van der Waals surface area (Å²) < 4.78 is 37.8. The standard InChI is InChI=1S/C16H19F3N4.ClH/c17-16(18,19)15-6-13(21-22-15)9-23-8-12(7-20)14(10-23)11-4-2-1-3-5-11;/h1-6,12,14H,7-10,20H2,(H,21,22);1H/t12-,14+;/m1./s1. The number of nitrogens with zero attached hydrogens (tertiary/aromatic N) is 2. The third-order valence-electron chi connectivity index (χ3n) is 4.36. The summed E-state index contributed by atoms with van der Waals surface area (Å²) in [4.78, 5) is 2.13. The van der Waals surface area contributed by atoms with Crippen LogP contribution in [0.25, 0.3) is 0 Å². The number of hydrogen-bond acceptors (Lipinski definition) is 3. The predicted molar refractivity (Wildman–Crippen MR) is 87.8 cm³/mol. The summed E-state index contributed by atoms with van der Waals surface area (Å²) in [7, 11) is 0. The molecule has 3 rings (SSSR count). The van der Waals surface area contributed by atoms with Gasteiger partial charge in [0.05, 0.1) is 0 Å². The molecule has 4 nitrogen and oxygen atoms in total. The van der Waals surface area contributed by atoms with Crippen LogP contribution in [0.3, 0.4) is 0 Å². The van der Waals surface area contributed by atoms with Crippen molar-refractivity contribution in [2.75, 3.05) is 19.6 Å².